The first-order chi connectivity index (χ1) is 8.49. The third kappa shape index (κ3) is 3.26. The maximum atomic E-state index is 11.8. The third-order valence-electron chi connectivity index (χ3n) is 2.43. The molecule has 0 aromatic heterocycles. The zero-order chi connectivity index (χ0) is 13.7. The molecule has 0 bridgehead atoms. The monoisotopic (exact) mass is 259 g/mol. The largest absolute Gasteiger partial charge is 0.325 e. The molecule has 1 N–H and O–H groups in total. The maximum absolute atomic E-state index is 11.8. The summed E-state index contributed by atoms with van der Waals surface area (Å²) in [7, 11) is 0. The van der Waals surface area contributed by atoms with E-state index in [1.807, 2.05) is 26.0 Å². The summed E-state index contributed by atoms with van der Waals surface area (Å²) in [6, 6.07) is 8.43. The van der Waals surface area contributed by atoms with Gasteiger partial charge in [-0.3, -0.25) is 4.79 Å². The summed E-state index contributed by atoms with van der Waals surface area (Å²) in [6.45, 7) is 3.80. The SMILES string of the molecule is CC(C)C(S)C(=O)Nc1ccc(C#N)c(C#N)c1. The molecule has 1 atom stereocenters. The molecule has 0 aliphatic heterocycles. The Morgan fingerprint density at radius 3 is 2.39 bits per heavy atom. The normalized spacial score (nSPS) is 11.4. The molecule has 5 heteroatoms. The number of rotatable bonds is 3. The number of thiol groups is 1. The van der Waals surface area contributed by atoms with Crippen molar-refractivity contribution in [1.82, 2.24) is 0 Å². The van der Waals surface area contributed by atoms with Crippen molar-refractivity contribution >= 4 is 24.2 Å². The zero-order valence-electron chi connectivity index (χ0n) is 10.1. The second-order valence-electron chi connectivity index (χ2n) is 4.16. The first kappa shape index (κ1) is 14.1. The standard InChI is InChI=1S/C13H13N3OS/c1-8(2)12(18)13(17)16-11-4-3-9(6-14)10(5-11)7-15/h3-5,8,12,18H,1-2H3,(H,16,17). The Balaban J connectivity index is 2.91. The fourth-order valence-corrected chi connectivity index (χ4v) is 1.40. The van der Waals surface area contributed by atoms with Gasteiger partial charge >= 0.3 is 0 Å². The number of amides is 1. The summed E-state index contributed by atoms with van der Waals surface area (Å²) >= 11 is 4.21. The van der Waals surface area contributed by atoms with Crippen LogP contribution in [0.5, 0.6) is 0 Å². The highest BCUT2D eigenvalue weighted by molar-refractivity contribution is 7.81. The van der Waals surface area contributed by atoms with E-state index in [9.17, 15) is 4.79 Å². The summed E-state index contributed by atoms with van der Waals surface area (Å²) in [6.07, 6.45) is 0. The van der Waals surface area contributed by atoms with Crippen LogP contribution in [-0.2, 0) is 4.79 Å². The van der Waals surface area contributed by atoms with Crippen molar-refractivity contribution in [1.29, 1.82) is 10.5 Å². The second kappa shape index (κ2) is 6.09. The molecule has 0 heterocycles. The van der Waals surface area contributed by atoms with Crippen LogP contribution in [0.25, 0.3) is 0 Å². The lowest BCUT2D eigenvalue weighted by atomic mass is 10.1. The van der Waals surface area contributed by atoms with E-state index in [1.165, 1.54) is 12.1 Å². The Morgan fingerprint density at radius 2 is 1.89 bits per heavy atom. The minimum Gasteiger partial charge on any atom is -0.325 e. The Labute approximate surface area is 112 Å². The van der Waals surface area contributed by atoms with Crippen molar-refractivity contribution in [3.05, 3.63) is 29.3 Å². The predicted octanol–water partition coefficient (Wildman–Crippen LogP) is 2.32. The van der Waals surface area contributed by atoms with E-state index in [4.69, 9.17) is 10.5 Å². The summed E-state index contributed by atoms with van der Waals surface area (Å²) in [5.41, 5.74) is 1.03. The molecular weight excluding hydrogens is 246 g/mol. The Hall–Kier alpha value is -1.98. The van der Waals surface area contributed by atoms with E-state index in [0.717, 1.165) is 0 Å². The van der Waals surface area contributed by atoms with Crippen LogP contribution in [0.4, 0.5) is 5.69 Å². The van der Waals surface area contributed by atoms with Crippen LogP contribution in [0.1, 0.15) is 25.0 Å². The molecule has 1 amide bonds. The van der Waals surface area contributed by atoms with Crippen LogP contribution in [0.3, 0.4) is 0 Å². The highest BCUT2D eigenvalue weighted by Crippen LogP contribution is 2.17. The third-order valence-corrected chi connectivity index (χ3v) is 3.26. The van der Waals surface area contributed by atoms with Gasteiger partial charge in [0.15, 0.2) is 0 Å². The zero-order valence-corrected chi connectivity index (χ0v) is 11.0. The average molecular weight is 259 g/mol. The van der Waals surface area contributed by atoms with E-state index in [1.54, 1.807) is 6.07 Å². The summed E-state index contributed by atoms with van der Waals surface area (Å²) in [4.78, 5) is 11.8. The van der Waals surface area contributed by atoms with Crippen molar-refractivity contribution in [2.24, 2.45) is 5.92 Å². The fourth-order valence-electron chi connectivity index (χ4n) is 1.33. The molecule has 0 radical (unpaired) electrons. The highest BCUT2D eigenvalue weighted by Gasteiger charge is 2.17. The number of carbonyl (C=O) groups is 1. The number of hydrogen-bond donors (Lipinski definition) is 2. The van der Waals surface area contributed by atoms with Gasteiger partial charge in [-0.15, -0.1) is 0 Å². The van der Waals surface area contributed by atoms with E-state index < -0.39 is 5.25 Å². The minimum atomic E-state index is -0.411. The van der Waals surface area contributed by atoms with Gasteiger partial charge in [0.1, 0.15) is 12.1 Å². The van der Waals surface area contributed by atoms with Gasteiger partial charge in [-0.25, -0.2) is 0 Å². The van der Waals surface area contributed by atoms with Gasteiger partial charge in [0.2, 0.25) is 5.91 Å². The fraction of sp³-hybridized carbons (Fsp3) is 0.308. The van der Waals surface area contributed by atoms with Crippen LogP contribution < -0.4 is 5.32 Å². The number of nitrogens with one attached hydrogen (secondary N) is 1. The van der Waals surface area contributed by atoms with E-state index in [0.29, 0.717) is 11.3 Å². The first-order valence-electron chi connectivity index (χ1n) is 5.42. The molecule has 18 heavy (non-hydrogen) atoms. The highest BCUT2D eigenvalue weighted by atomic mass is 32.1. The Morgan fingerprint density at radius 1 is 1.28 bits per heavy atom. The van der Waals surface area contributed by atoms with E-state index in [-0.39, 0.29) is 17.4 Å². The maximum Gasteiger partial charge on any atom is 0.237 e. The minimum absolute atomic E-state index is 0.113. The number of hydrogen-bond acceptors (Lipinski definition) is 4. The van der Waals surface area contributed by atoms with Crippen molar-refractivity contribution in [3.63, 3.8) is 0 Å². The quantitative estimate of drug-likeness (QED) is 0.818. The van der Waals surface area contributed by atoms with Gasteiger partial charge in [-0.1, -0.05) is 13.8 Å². The topological polar surface area (TPSA) is 76.7 Å². The second-order valence-corrected chi connectivity index (χ2v) is 4.72. The number of benzene rings is 1. The molecule has 1 unspecified atom stereocenters. The summed E-state index contributed by atoms with van der Waals surface area (Å²) in [5.74, 6) is -0.107. The lowest BCUT2D eigenvalue weighted by Gasteiger charge is -2.14. The van der Waals surface area contributed by atoms with Gasteiger partial charge in [0.25, 0.3) is 0 Å². The van der Waals surface area contributed by atoms with E-state index >= 15 is 0 Å². The molecule has 1 rings (SSSR count). The van der Waals surface area contributed by atoms with Crippen molar-refractivity contribution in [2.45, 2.75) is 19.1 Å². The molecule has 1 aromatic carbocycles. The molecule has 0 saturated carbocycles. The summed E-state index contributed by atoms with van der Waals surface area (Å²) < 4.78 is 0. The van der Waals surface area contributed by atoms with Crippen LogP contribution in [0, 0.1) is 28.6 Å². The summed E-state index contributed by atoms with van der Waals surface area (Å²) in [5, 5.41) is 19.9. The van der Waals surface area contributed by atoms with E-state index in [2.05, 4.69) is 17.9 Å². The lowest BCUT2D eigenvalue weighted by Crippen LogP contribution is -2.27. The lowest BCUT2D eigenvalue weighted by molar-refractivity contribution is -0.116. The molecular formula is C13H13N3OS. The van der Waals surface area contributed by atoms with Crippen LogP contribution in [0.2, 0.25) is 0 Å². The van der Waals surface area contributed by atoms with Gasteiger partial charge in [0, 0.05) is 5.69 Å². The number of carbonyl (C=O) groups excluding carboxylic acids is 1. The number of nitrogens with zero attached hydrogens (tertiary/aromatic N) is 2. The predicted molar refractivity (Wildman–Crippen MR) is 72.1 cm³/mol. The van der Waals surface area contributed by atoms with Crippen molar-refractivity contribution in [2.75, 3.05) is 5.32 Å². The van der Waals surface area contributed by atoms with Gasteiger partial charge in [0.05, 0.1) is 16.4 Å². The molecule has 0 spiro atoms. The molecule has 0 saturated heterocycles. The van der Waals surface area contributed by atoms with Gasteiger partial charge < -0.3 is 5.32 Å². The average Bonchev–Trinajstić information content (AvgIpc) is 2.37. The Kier molecular flexibility index (Phi) is 4.76. The van der Waals surface area contributed by atoms with Crippen LogP contribution in [0.15, 0.2) is 18.2 Å². The first-order valence-corrected chi connectivity index (χ1v) is 5.94. The van der Waals surface area contributed by atoms with Crippen molar-refractivity contribution < 1.29 is 4.79 Å². The number of anilines is 1. The molecule has 1 aromatic rings. The Bertz CT molecular complexity index is 540. The smallest absolute Gasteiger partial charge is 0.237 e. The van der Waals surface area contributed by atoms with Gasteiger partial charge in [-0.2, -0.15) is 23.2 Å². The molecule has 92 valence electrons. The van der Waals surface area contributed by atoms with Gasteiger partial charge in [-0.05, 0) is 24.1 Å². The molecule has 0 aliphatic rings. The molecule has 0 fully saturated rings. The van der Waals surface area contributed by atoms with Crippen LogP contribution >= 0.6 is 12.6 Å². The van der Waals surface area contributed by atoms with Crippen LogP contribution in [-0.4, -0.2) is 11.2 Å². The molecule has 4 nitrogen and oxygen atoms in total. The molecule has 0 aliphatic carbocycles. The van der Waals surface area contributed by atoms with Crippen molar-refractivity contribution in [3.8, 4) is 12.1 Å². The number of nitriles is 2.